The highest BCUT2D eigenvalue weighted by Crippen LogP contribution is 2.26. The summed E-state index contributed by atoms with van der Waals surface area (Å²) in [6.45, 7) is 0. The van der Waals surface area contributed by atoms with E-state index in [1.165, 1.54) is 36.8 Å². The number of methoxy groups -OCH3 is 1. The number of hydrogen-bond acceptors (Lipinski definition) is 4. The molecule has 0 aliphatic carbocycles. The fourth-order valence-electron chi connectivity index (χ4n) is 0.841. The van der Waals surface area contributed by atoms with Gasteiger partial charge in [0.1, 0.15) is 5.82 Å². The number of halogens is 1. The Morgan fingerprint density at radius 2 is 2.33 bits per heavy atom. The zero-order chi connectivity index (χ0) is 11.3. The molecule has 1 aromatic carbocycles. The smallest absolute Gasteiger partial charge is 0.330 e. The van der Waals surface area contributed by atoms with Crippen molar-refractivity contribution in [3.8, 4) is 0 Å². The van der Waals surface area contributed by atoms with Gasteiger partial charge in [0.25, 0.3) is 0 Å². The molecule has 0 radical (unpaired) electrons. The molecule has 0 bridgehead atoms. The molecule has 80 valence electrons. The Kier molecular flexibility index (Phi) is 4.17. The Balaban J connectivity index is 2.68. The van der Waals surface area contributed by atoms with E-state index in [9.17, 15) is 9.18 Å². The van der Waals surface area contributed by atoms with E-state index in [4.69, 9.17) is 5.73 Å². The van der Waals surface area contributed by atoms with E-state index in [-0.39, 0.29) is 5.82 Å². The van der Waals surface area contributed by atoms with E-state index >= 15 is 0 Å². The molecule has 0 heterocycles. The van der Waals surface area contributed by atoms with Crippen LogP contribution in [0, 0.1) is 5.82 Å². The van der Waals surface area contributed by atoms with Crippen LogP contribution in [0.3, 0.4) is 0 Å². The minimum Gasteiger partial charge on any atom is -0.466 e. The second-order valence-electron chi connectivity index (χ2n) is 2.63. The number of carbonyl (C=O) groups is 1. The average Bonchev–Trinajstić information content (AvgIpc) is 2.23. The molecule has 1 rings (SSSR count). The van der Waals surface area contributed by atoms with E-state index in [1.807, 2.05) is 0 Å². The van der Waals surface area contributed by atoms with E-state index < -0.39 is 5.97 Å². The van der Waals surface area contributed by atoms with Crippen molar-refractivity contribution in [3.05, 3.63) is 35.5 Å². The van der Waals surface area contributed by atoms with Crippen molar-refractivity contribution in [2.45, 2.75) is 4.90 Å². The first-order valence-electron chi connectivity index (χ1n) is 4.09. The number of carbonyl (C=O) groups excluding carboxylic acids is 1. The fourth-order valence-corrected chi connectivity index (χ4v) is 1.55. The summed E-state index contributed by atoms with van der Waals surface area (Å²) in [7, 11) is 1.29. The summed E-state index contributed by atoms with van der Waals surface area (Å²) in [5.74, 6) is -0.823. The molecule has 0 fully saturated rings. The molecule has 0 aliphatic rings. The lowest BCUT2D eigenvalue weighted by atomic mass is 10.3. The molecule has 5 heteroatoms. The van der Waals surface area contributed by atoms with Crippen LogP contribution < -0.4 is 5.73 Å². The number of anilines is 1. The van der Waals surface area contributed by atoms with Crippen LogP contribution in [0.25, 0.3) is 0 Å². The summed E-state index contributed by atoms with van der Waals surface area (Å²) in [4.78, 5) is 11.3. The van der Waals surface area contributed by atoms with Crippen LogP contribution in [-0.2, 0) is 9.53 Å². The van der Waals surface area contributed by atoms with Crippen LogP contribution in [-0.4, -0.2) is 13.1 Å². The zero-order valence-electron chi connectivity index (χ0n) is 8.07. The lowest BCUT2D eigenvalue weighted by Gasteiger charge is -2.01. The maximum Gasteiger partial charge on any atom is 0.330 e. The van der Waals surface area contributed by atoms with Crippen LogP contribution in [0.5, 0.6) is 0 Å². The monoisotopic (exact) mass is 227 g/mol. The van der Waals surface area contributed by atoms with Gasteiger partial charge < -0.3 is 10.5 Å². The number of benzene rings is 1. The molecule has 0 amide bonds. The quantitative estimate of drug-likeness (QED) is 0.372. The van der Waals surface area contributed by atoms with Gasteiger partial charge in [0, 0.05) is 16.7 Å². The average molecular weight is 227 g/mol. The van der Waals surface area contributed by atoms with Crippen molar-refractivity contribution in [1.82, 2.24) is 0 Å². The second-order valence-corrected chi connectivity index (χ2v) is 3.57. The Morgan fingerprint density at radius 3 is 3.00 bits per heavy atom. The lowest BCUT2D eigenvalue weighted by molar-refractivity contribution is -0.134. The van der Waals surface area contributed by atoms with Crippen LogP contribution >= 0.6 is 11.8 Å². The van der Waals surface area contributed by atoms with Gasteiger partial charge in [-0.25, -0.2) is 9.18 Å². The van der Waals surface area contributed by atoms with Crippen LogP contribution in [0.4, 0.5) is 10.1 Å². The van der Waals surface area contributed by atoms with Crippen molar-refractivity contribution >= 4 is 23.4 Å². The highest BCUT2D eigenvalue weighted by Gasteiger charge is 2.00. The summed E-state index contributed by atoms with van der Waals surface area (Å²) in [6.07, 6.45) is 1.25. The van der Waals surface area contributed by atoms with Crippen molar-refractivity contribution in [2.24, 2.45) is 0 Å². The summed E-state index contributed by atoms with van der Waals surface area (Å²) >= 11 is 1.16. The first-order valence-corrected chi connectivity index (χ1v) is 4.97. The number of rotatable bonds is 3. The van der Waals surface area contributed by atoms with Gasteiger partial charge in [-0.2, -0.15) is 0 Å². The topological polar surface area (TPSA) is 52.3 Å². The predicted molar refractivity (Wildman–Crippen MR) is 57.8 cm³/mol. The van der Waals surface area contributed by atoms with E-state index in [1.54, 1.807) is 0 Å². The lowest BCUT2D eigenvalue weighted by Crippen LogP contribution is -1.93. The summed E-state index contributed by atoms with van der Waals surface area (Å²) in [5.41, 5.74) is 6.07. The largest absolute Gasteiger partial charge is 0.466 e. The number of nitrogen functional groups attached to an aromatic ring is 1. The molecule has 3 nitrogen and oxygen atoms in total. The Morgan fingerprint density at radius 1 is 1.60 bits per heavy atom. The first-order chi connectivity index (χ1) is 7.13. The van der Waals surface area contributed by atoms with Crippen molar-refractivity contribution in [1.29, 1.82) is 0 Å². The van der Waals surface area contributed by atoms with Crippen molar-refractivity contribution in [3.63, 3.8) is 0 Å². The normalized spacial score (nSPS) is 10.5. The third kappa shape index (κ3) is 3.63. The third-order valence-corrected chi connectivity index (χ3v) is 2.46. The first kappa shape index (κ1) is 11.6. The molecule has 0 spiro atoms. The minimum absolute atomic E-state index is 0.363. The molecule has 0 unspecified atom stereocenters. The number of nitrogens with two attached hydrogens (primary N) is 1. The SMILES string of the molecule is COC(=O)C=CSc1cc(F)ccc1N. The summed E-state index contributed by atoms with van der Waals surface area (Å²) in [6, 6.07) is 4.06. The highest BCUT2D eigenvalue weighted by atomic mass is 32.2. The Labute approximate surface area is 91.1 Å². The van der Waals surface area contributed by atoms with Crippen LogP contribution in [0.2, 0.25) is 0 Å². The van der Waals surface area contributed by atoms with Crippen LogP contribution in [0.15, 0.2) is 34.6 Å². The van der Waals surface area contributed by atoms with Gasteiger partial charge in [-0.05, 0) is 23.6 Å². The molecule has 0 aliphatic heterocycles. The van der Waals surface area contributed by atoms with E-state index in [0.717, 1.165) is 11.8 Å². The molecular formula is C10H10FNO2S. The number of esters is 1. The van der Waals surface area contributed by atoms with E-state index in [2.05, 4.69) is 4.74 Å². The fraction of sp³-hybridized carbons (Fsp3) is 0.100. The van der Waals surface area contributed by atoms with Gasteiger partial charge in [0.15, 0.2) is 0 Å². The molecule has 1 aromatic rings. The summed E-state index contributed by atoms with van der Waals surface area (Å²) in [5, 5.41) is 1.50. The second kappa shape index (κ2) is 5.41. The third-order valence-electron chi connectivity index (χ3n) is 1.58. The van der Waals surface area contributed by atoms with Gasteiger partial charge in [-0.3, -0.25) is 0 Å². The zero-order valence-corrected chi connectivity index (χ0v) is 8.88. The van der Waals surface area contributed by atoms with Gasteiger partial charge in [-0.15, -0.1) is 0 Å². The Hall–Kier alpha value is -1.49. The van der Waals surface area contributed by atoms with Crippen LogP contribution in [0.1, 0.15) is 0 Å². The molecule has 0 saturated carbocycles. The molecule has 0 aromatic heterocycles. The molecule has 2 N–H and O–H groups in total. The van der Waals surface area contributed by atoms with Gasteiger partial charge >= 0.3 is 5.97 Å². The molecule has 0 saturated heterocycles. The maximum atomic E-state index is 12.8. The maximum absolute atomic E-state index is 12.8. The standard InChI is InChI=1S/C10H10FNO2S/c1-14-10(13)4-5-15-9-6-7(11)2-3-8(9)12/h2-6H,12H2,1H3. The number of thioether (sulfide) groups is 1. The van der Waals surface area contributed by atoms with Crippen molar-refractivity contribution in [2.75, 3.05) is 12.8 Å². The minimum atomic E-state index is -0.461. The highest BCUT2D eigenvalue weighted by molar-refractivity contribution is 8.02. The molecular weight excluding hydrogens is 217 g/mol. The summed E-state index contributed by atoms with van der Waals surface area (Å²) < 4.78 is 17.2. The molecule has 0 atom stereocenters. The number of hydrogen-bond donors (Lipinski definition) is 1. The predicted octanol–water partition coefficient (Wildman–Crippen LogP) is 2.19. The van der Waals surface area contributed by atoms with Gasteiger partial charge in [-0.1, -0.05) is 11.8 Å². The van der Waals surface area contributed by atoms with E-state index in [0.29, 0.717) is 10.6 Å². The van der Waals surface area contributed by atoms with Gasteiger partial charge in [0.2, 0.25) is 0 Å². The molecule has 15 heavy (non-hydrogen) atoms. The Bertz CT molecular complexity index is 393. The number of ether oxygens (including phenoxy) is 1. The van der Waals surface area contributed by atoms with Crippen molar-refractivity contribution < 1.29 is 13.9 Å². The van der Waals surface area contributed by atoms with Gasteiger partial charge in [0.05, 0.1) is 7.11 Å².